The van der Waals surface area contributed by atoms with E-state index < -0.39 is 0 Å². The Balaban J connectivity index is 2.35. The molecular formula is C11H16N2O. The first-order chi connectivity index (χ1) is 6.70. The van der Waals surface area contributed by atoms with E-state index in [0.29, 0.717) is 6.54 Å². The Kier molecular flexibility index (Phi) is 4.13. The lowest BCUT2D eigenvalue weighted by Crippen LogP contribution is -2.26. The third-order valence-corrected chi connectivity index (χ3v) is 1.86. The van der Waals surface area contributed by atoms with Gasteiger partial charge in [-0.1, -0.05) is 18.2 Å². The summed E-state index contributed by atoms with van der Waals surface area (Å²) in [6.07, 6.45) is 1.80. The van der Waals surface area contributed by atoms with E-state index in [0.717, 1.165) is 18.7 Å². The van der Waals surface area contributed by atoms with E-state index in [-0.39, 0.29) is 5.56 Å². The number of rotatable bonds is 5. The number of aromatic nitrogens is 1. The number of pyridine rings is 1. The normalized spacial score (nSPS) is 10.1. The molecule has 0 saturated carbocycles. The van der Waals surface area contributed by atoms with E-state index in [1.165, 1.54) is 0 Å². The second-order valence-corrected chi connectivity index (χ2v) is 3.37. The Morgan fingerprint density at radius 3 is 3.00 bits per heavy atom. The molecule has 1 N–H and O–H groups in total. The Morgan fingerprint density at radius 2 is 2.36 bits per heavy atom. The van der Waals surface area contributed by atoms with Crippen LogP contribution in [0.15, 0.2) is 41.3 Å². The van der Waals surface area contributed by atoms with Crippen molar-refractivity contribution in [2.24, 2.45) is 0 Å². The lowest BCUT2D eigenvalue weighted by molar-refractivity contribution is 0.604. The van der Waals surface area contributed by atoms with Gasteiger partial charge in [0.2, 0.25) is 0 Å². The largest absolute Gasteiger partial charge is 0.314 e. The SMILES string of the molecule is C=C(C)CNCCn1ccccc1=O. The first-order valence-corrected chi connectivity index (χ1v) is 4.71. The van der Waals surface area contributed by atoms with E-state index in [2.05, 4.69) is 11.9 Å². The first kappa shape index (κ1) is 10.7. The summed E-state index contributed by atoms with van der Waals surface area (Å²) >= 11 is 0. The van der Waals surface area contributed by atoms with E-state index in [9.17, 15) is 4.79 Å². The van der Waals surface area contributed by atoms with E-state index in [4.69, 9.17) is 0 Å². The number of nitrogens with one attached hydrogen (secondary N) is 1. The molecule has 1 aromatic heterocycles. The fraction of sp³-hybridized carbons (Fsp3) is 0.364. The standard InChI is InChI=1S/C11H16N2O/c1-10(2)9-12-6-8-13-7-4-3-5-11(13)14/h3-5,7,12H,1,6,8-9H2,2H3. The number of hydrogen-bond donors (Lipinski definition) is 1. The van der Waals surface area contributed by atoms with E-state index >= 15 is 0 Å². The Labute approximate surface area is 84.1 Å². The van der Waals surface area contributed by atoms with Crippen LogP contribution in [0.5, 0.6) is 0 Å². The van der Waals surface area contributed by atoms with Crippen molar-refractivity contribution in [1.29, 1.82) is 0 Å². The van der Waals surface area contributed by atoms with Crippen molar-refractivity contribution in [3.8, 4) is 0 Å². The van der Waals surface area contributed by atoms with Crippen molar-refractivity contribution in [3.63, 3.8) is 0 Å². The van der Waals surface area contributed by atoms with Gasteiger partial charge in [0.1, 0.15) is 0 Å². The molecule has 1 rings (SSSR count). The molecule has 76 valence electrons. The molecule has 0 spiro atoms. The minimum atomic E-state index is 0.0459. The molecule has 0 bridgehead atoms. The quantitative estimate of drug-likeness (QED) is 0.558. The minimum absolute atomic E-state index is 0.0459. The molecule has 1 heterocycles. The van der Waals surface area contributed by atoms with Crippen LogP contribution in [0.25, 0.3) is 0 Å². The molecule has 1 aromatic rings. The maximum absolute atomic E-state index is 11.3. The average Bonchev–Trinajstić information content (AvgIpc) is 2.15. The minimum Gasteiger partial charge on any atom is -0.314 e. The molecule has 0 saturated heterocycles. The Morgan fingerprint density at radius 1 is 1.57 bits per heavy atom. The summed E-state index contributed by atoms with van der Waals surface area (Å²) < 4.78 is 1.69. The van der Waals surface area contributed by atoms with Crippen LogP contribution in [0.2, 0.25) is 0 Å². The van der Waals surface area contributed by atoms with E-state index in [1.807, 2.05) is 13.0 Å². The summed E-state index contributed by atoms with van der Waals surface area (Å²) in [7, 11) is 0. The number of nitrogens with zero attached hydrogens (tertiary/aromatic N) is 1. The zero-order valence-corrected chi connectivity index (χ0v) is 8.49. The van der Waals surface area contributed by atoms with Crippen LogP contribution in [0.4, 0.5) is 0 Å². The second-order valence-electron chi connectivity index (χ2n) is 3.37. The van der Waals surface area contributed by atoms with Crippen LogP contribution in [0.3, 0.4) is 0 Å². The maximum Gasteiger partial charge on any atom is 0.250 e. The van der Waals surface area contributed by atoms with Crippen molar-refractivity contribution < 1.29 is 0 Å². The topological polar surface area (TPSA) is 34.0 Å². The third kappa shape index (κ3) is 3.58. The maximum atomic E-state index is 11.3. The van der Waals surface area contributed by atoms with Crippen LogP contribution in [-0.2, 0) is 6.54 Å². The molecule has 0 aliphatic carbocycles. The molecule has 0 atom stereocenters. The van der Waals surface area contributed by atoms with Crippen LogP contribution in [0.1, 0.15) is 6.92 Å². The lowest BCUT2D eigenvalue weighted by Gasteiger charge is -2.06. The van der Waals surface area contributed by atoms with Crippen molar-refractivity contribution >= 4 is 0 Å². The number of hydrogen-bond acceptors (Lipinski definition) is 2. The molecule has 3 heteroatoms. The zero-order valence-electron chi connectivity index (χ0n) is 8.49. The fourth-order valence-electron chi connectivity index (χ4n) is 1.15. The summed E-state index contributed by atoms with van der Waals surface area (Å²) in [5, 5.41) is 3.20. The summed E-state index contributed by atoms with van der Waals surface area (Å²) in [4.78, 5) is 11.3. The molecule has 0 aromatic carbocycles. The first-order valence-electron chi connectivity index (χ1n) is 4.71. The molecule has 0 aliphatic rings. The molecule has 0 fully saturated rings. The second kappa shape index (κ2) is 5.40. The summed E-state index contributed by atoms with van der Waals surface area (Å²) in [6.45, 7) is 8.06. The summed E-state index contributed by atoms with van der Waals surface area (Å²) in [6, 6.07) is 5.18. The molecule has 14 heavy (non-hydrogen) atoms. The van der Waals surface area contributed by atoms with Gasteiger partial charge >= 0.3 is 0 Å². The van der Waals surface area contributed by atoms with E-state index in [1.54, 1.807) is 22.9 Å². The molecule has 0 amide bonds. The average molecular weight is 192 g/mol. The zero-order chi connectivity index (χ0) is 10.4. The van der Waals surface area contributed by atoms with Crippen LogP contribution in [-0.4, -0.2) is 17.7 Å². The highest BCUT2D eigenvalue weighted by Crippen LogP contribution is 1.83. The monoisotopic (exact) mass is 192 g/mol. The van der Waals surface area contributed by atoms with Gasteiger partial charge in [0.25, 0.3) is 5.56 Å². The molecular weight excluding hydrogens is 176 g/mol. The van der Waals surface area contributed by atoms with Gasteiger partial charge in [-0.3, -0.25) is 4.79 Å². The van der Waals surface area contributed by atoms with Gasteiger partial charge < -0.3 is 9.88 Å². The smallest absolute Gasteiger partial charge is 0.250 e. The van der Waals surface area contributed by atoms with Crippen molar-refractivity contribution in [1.82, 2.24) is 9.88 Å². The molecule has 3 nitrogen and oxygen atoms in total. The summed E-state index contributed by atoms with van der Waals surface area (Å²) in [5.41, 5.74) is 1.15. The van der Waals surface area contributed by atoms with Gasteiger partial charge in [-0.15, -0.1) is 0 Å². The predicted octanol–water partition coefficient (Wildman–Crippen LogP) is 1.01. The highest BCUT2D eigenvalue weighted by Gasteiger charge is 1.92. The van der Waals surface area contributed by atoms with Gasteiger partial charge in [0, 0.05) is 31.9 Å². The highest BCUT2D eigenvalue weighted by molar-refractivity contribution is 4.93. The predicted molar refractivity (Wildman–Crippen MR) is 58.4 cm³/mol. The van der Waals surface area contributed by atoms with Gasteiger partial charge in [-0.05, 0) is 13.0 Å². The van der Waals surface area contributed by atoms with Gasteiger partial charge in [0.15, 0.2) is 0 Å². The lowest BCUT2D eigenvalue weighted by atomic mass is 10.3. The highest BCUT2D eigenvalue weighted by atomic mass is 16.1. The Bertz CT molecular complexity index is 354. The molecule has 0 unspecified atom stereocenters. The van der Waals surface area contributed by atoms with Crippen molar-refractivity contribution in [3.05, 3.63) is 46.9 Å². The Hall–Kier alpha value is -1.35. The van der Waals surface area contributed by atoms with Crippen molar-refractivity contribution in [2.45, 2.75) is 13.5 Å². The van der Waals surface area contributed by atoms with Crippen LogP contribution < -0.4 is 10.9 Å². The van der Waals surface area contributed by atoms with Crippen molar-refractivity contribution in [2.75, 3.05) is 13.1 Å². The third-order valence-electron chi connectivity index (χ3n) is 1.86. The van der Waals surface area contributed by atoms with Crippen LogP contribution in [0, 0.1) is 0 Å². The molecule has 0 aliphatic heterocycles. The van der Waals surface area contributed by atoms with Gasteiger partial charge in [0.05, 0.1) is 0 Å². The summed E-state index contributed by atoms with van der Waals surface area (Å²) in [5.74, 6) is 0. The van der Waals surface area contributed by atoms with Gasteiger partial charge in [-0.25, -0.2) is 0 Å². The fourth-order valence-corrected chi connectivity index (χ4v) is 1.15. The molecule has 0 radical (unpaired) electrons. The van der Waals surface area contributed by atoms with Gasteiger partial charge in [-0.2, -0.15) is 0 Å². The van der Waals surface area contributed by atoms with Crippen LogP contribution >= 0.6 is 0 Å².